The van der Waals surface area contributed by atoms with Crippen LogP contribution >= 0.6 is 0 Å². The Morgan fingerprint density at radius 3 is 2.71 bits per heavy atom. The SMILES string of the molecule is COC(=O)CCC(O)C=CC=C1C(=O)C=CC1=Cc1ccccc1. The first-order chi connectivity index (χ1) is 11.6. The Balaban J connectivity index is 2.04. The van der Waals surface area contributed by atoms with Gasteiger partial charge in [0.2, 0.25) is 0 Å². The van der Waals surface area contributed by atoms with E-state index in [2.05, 4.69) is 4.74 Å². The number of benzene rings is 1. The van der Waals surface area contributed by atoms with Crippen molar-refractivity contribution in [1.29, 1.82) is 0 Å². The highest BCUT2D eigenvalue weighted by Crippen LogP contribution is 2.23. The number of hydrogen-bond donors (Lipinski definition) is 1. The van der Waals surface area contributed by atoms with Crippen LogP contribution in [0.3, 0.4) is 0 Å². The van der Waals surface area contributed by atoms with Gasteiger partial charge in [0.25, 0.3) is 0 Å². The van der Waals surface area contributed by atoms with E-state index in [1.165, 1.54) is 13.2 Å². The molecule has 4 heteroatoms. The number of carbonyl (C=O) groups is 2. The van der Waals surface area contributed by atoms with Crippen LogP contribution in [0.2, 0.25) is 0 Å². The van der Waals surface area contributed by atoms with Crippen LogP contribution in [0.15, 0.2) is 71.9 Å². The van der Waals surface area contributed by atoms with Crippen molar-refractivity contribution in [2.75, 3.05) is 7.11 Å². The van der Waals surface area contributed by atoms with Gasteiger partial charge in [0.1, 0.15) is 0 Å². The summed E-state index contributed by atoms with van der Waals surface area (Å²) in [6, 6.07) is 9.75. The van der Waals surface area contributed by atoms with Gasteiger partial charge in [-0.05, 0) is 29.7 Å². The van der Waals surface area contributed by atoms with Gasteiger partial charge in [0.05, 0.1) is 13.2 Å². The van der Waals surface area contributed by atoms with Gasteiger partial charge in [-0.25, -0.2) is 0 Å². The van der Waals surface area contributed by atoms with E-state index in [-0.39, 0.29) is 24.6 Å². The molecule has 2 rings (SSSR count). The van der Waals surface area contributed by atoms with E-state index in [0.717, 1.165) is 11.1 Å². The lowest BCUT2D eigenvalue weighted by atomic mass is 10.0. The zero-order chi connectivity index (χ0) is 17.4. The molecule has 1 unspecified atom stereocenters. The molecule has 0 radical (unpaired) electrons. The number of allylic oxidation sites excluding steroid dienone is 6. The Morgan fingerprint density at radius 2 is 2.00 bits per heavy atom. The lowest BCUT2D eigenvalue weighted by molar-refractivity contribution is -0.141. The van der Waals surface area contributed by atoms with Crippen molar-refractivity contribution >= 4 is 17.8 Å². The third-order valence-electron chi connectivity index (χ3n) is 3.58. The molecule has 1 aromatic carbocycles. The number of carbonyl (C=O) groups excluding carboxylic acids is 2. The van der Waals surface area contributed by atoms with Crippen molar-refractivity contribution < 1.29 is 19.4 Å². The van der Waals surface area contributed by atoms with Gasteiger partial charge in [-0.15, -0.1) is 0 Å². The molecule has 0 saturated heterocycles. The molecule has 4 nitrogen and oxygen atoms in total. The first-order valence-electron chi connectivity index (χ1n) is 7.73. The summed E-state index contributed by atoms with van der Waals surface area (Å²) in [5, 5.41) is 9.80. The largest absolute Gasteiger partial charge is 0.469 e. The maximum Gasteiger partial charge on any atom is 0.305 e. The summed E-state index contributed by atoms with van der Waals surface area (Å²) in [4.78, 5) is 23.0. The van der Waals surface area contributed by atoms with E-state index in [1.807, 2.05) is 36.4 Å². The van der Waals surface area contributed by atoms with Gasteiger partial charge < -0.3 is 9.84 Å². The average Bonchev–Trinajstić information content (AvgIpc) is 2.94. The third kappa shape index (κ3) is 5.18. The van der Waals surface area contributed by atoms with Gasteiger partial charge in [0.15, 0.2) is 5.78 Å². The third-order valence-corrected chi connectivity index (χ3v) is 3.58. The van der Waals surface area contributed by atoms with Gasteiger partial charge in [0, 0.05) is 12.0 Å². The second-order valence-electron chi connectivity index (χ2n) is 5.36. The molecular weight excluding hydrogens is 304 g/mol. The molecule has 24 heavy (non-hydrogen) atoms. The Hall–Kier alpha value is -2.72. The zero-order valence-corrected chi connectivity index (χ0v) is 13.5. The van der Waals surface area contributed by atoms with Crippen LogP contribution in [0.5, 0.6) is 0 Å². The highest BCUT2D eigenvalue weighted by Gasteiger charge is 2.15. The van der Waals surface area contributed by atoms with Crippen LogP contribution in [0.4, 0.5) is 0 Å². The number of hydrogen-bond acceptors (Lipinski definition) is 4. The molecule has 1 aliphatic rings. The fourth-order valence-electron chi connectivity index (χ4n) is 2.26. The van der Waals surface area contributed by atoms with Crippen LogP contribution < -0.4 is 0 Å². The number of ether oxygens (including phenoxy) is 1. The molecule has 0 amide bonds. The summed E-state index contributed by atoms with van der Waals surface area (Å²) in [6.45, 7) is 0. The molecule has 0 fully saturated rings. The van der Waals surface area contributed by atoms with Crippen LogP contribution in [0, 0.1) is 0 Å². The number of methoxy groups -OCH3 is 1. The van der Waals surface area contributed by atoms with Crippen molar-refractivity contribution in [2.24, 2.45) is 0 Å². The molecule has 0 heterocycles. The minimum absolute atomic E-state index is 0.0640. The quantitative estimate of drug-likeness (QED) is 0.645. The number of esters is 1. The summed E-state index contributed by atoms with van der Waals surface area (Å²) < 4.78 is 4.52. The maximum absolute atomic E-state index is 12.0. The molecule has 0 aromatic heterocycles. The minimum atomic E-state index is -0.757. The zero-order valence-electron chi connectivity index (χ0n) is 13.5. The monoisotopic (exact) mass is 324 g/mol. The molecule has 1 aliphatic carbocycles. The van der Waals surface area contributed by atoms with E-state index >= 15 is 0 Å². The molecule has 0 aliphatic heterocycles. The molecule has 124 valence electrons. The Morgan fingerprint density at radius 1 is 1.25 bits per heavy atom. The normalized spacial score (nSPS) is 18.7. The van der Waals surface area contributed by atoms with Gasteiger partial charge >= 0.3 is 5.97 Å². The fraction of sp³-hybridized carbons (Fsp3) is 0.200. The summed E-state index contributed by atoms with van der Waals surface area (Å²) >= 11 is 0. The van der Waals surface area contributed by atoms with Crippen molar-refractivity contribution in [3.63, 3.8) is 0 Å². The fourth-order valence-corrected chi connectivity index (χ4v) is 2.26. The van der Waals surface area contributed by atoms with E-state index in [9.17, 15) is 14.7 Å². The van der Waals surface area contributed by atoms with Gasteiger partial charge in [-0.2, -0.15) is 0 Å². The molecular formula is C20H20O4. The lowest BCUT2D eigenvalue weighted by Crippen LogP contribution is -2.07. The topological polar surface area (TPSA) is 63.6 Å². The summed E-state index contributed by atoms with van der Waals surface area (Å²) in [6.07, 6.45) is 9.80. The van der Waals surface area contributed by atoms with E-state index in [1.54, 1.807) is 24.3 Å². The van der Waals surface area contributed by atoms with Gasteiger partial charge in [-0.3, -0.25) is 9.59 Å². The minimum Gasteiger partial charge on any atom is -0.469 e. The molecule has 1 atom stereocenters. The maximum atomic E-state index is 12.0. The Labute approximate surface area is 141 Å². The van der Waals surface area contributed by atoms with Crippen LogP contribution in [0.1, 0.15) is 18.4 Å². The van der Waals surface area contributed by atoms with Gasteiger partial charge in [-0.1, -0.05) is 54.6 Å². The summed E-state index contributed by atoms with van der Waals surface area (Å²) in [5.41, 5.74) is 2.43. The lowest BCUT2D eigenvalue weighted by Gasteiger charge is -2.03. The molecule has 0 spiro atoms. The van der Waals surface area contributed by atoms with E-state index in [0.29, 0.717) is 5.57 Å². The predicted octanol–water partition coefficient (Wildman–Crippen LogP) is 3.01. The average molecular weight is 324 g/mol. The standard InChI is InChI=1S/C20H20O4/c1-24-20(23)13-11-17(21)8-5-9-18-16(10-12-19(18)22)14-15-6-3-2-4-7-15/h2-10,12,14,17,21H,11,13H2,1H3. The smallest absolute Gasteiger partial charge is 0.305 e. The van der Waals surface area contributed by atoms with E-state index < -0.39 is 6.10 Å². The number of rotatable bonds is 6. The van der Waals surface area contributed by atoms with Crippen molar-refractivity contribution in [2.45, 2.75) is 18.9 Å². The van der Waals surface area contributed by atoms with Crippen LogP contribution in [0.25, 0.3) is 6.08 Å². The molecule has 1 N–H and O–H groups in total. The van der Waals surface area contributed by atoms with Crippen molar-refractivity contribution in [3.8, 4) is 0 Å². The van der Waals surface area contributed by atoms with Crippen molar-refractivity contribution in [3.05, 3.63) is 77.4 Å². The predicted molar refractivity (Wildman–Crippen MR) is 93.0 cm³/mol. The Bertz CT molecular complexity index is 708. The summed E-state index contributed by atoms with van der Waals surface area (Å²) in [5.74, 6) is -0.421. The van der Waals surface area contributed by atoms with Crippen LogP contribution in [-0.4, -0.2) is 30.1 Å². The highest BCUT2D eigenvalue weighted by atomic mass is 16.5. The first kappa shape index (κ1) is 17.6. The molecule has 0 saturated carbocycles. The van der Waals surface area contributed by atoms with Crippen LogP contribution in [-0.2, 0) is 14.3 Å². The molecule has 1 aromatic rings. The second-order valence-corrected chi connectivity index (χ2v) is 5.36. The molecule has 0 bridgehead atoms. The number of aliphatic hydroxyl groups excluding tert-OH is 1. The second kappa shape index (κ2) is 8.79. The summed E-state index contributed by atoms with van der Waals surface area (Å²) in [7, 11) is 1.31. The first-order valence-corrected chi connectivity index (χ1v) is 7.73. The highest BCUT2D eigenvalue weighted by molar-refractivity contribution is 6.13. The number of ketones is 1. The Kier molecular flexibility index (Phi) is 6.46. The van der Waals surface area contributed by atoms with E-state index in [4.69, 9.17) is 0 Å². The van der Waals surface area contributed by atoms with Crippen molar-refractivity contribution in [1.82, 2.24) is 0 Å². The number of aliphatic hydroxyl groups is 1.